The molecule has 8 nitrogen and oxygen atoms in total. The third-order valence-electron chi connectivity index (χ3n) is 6.23. The van der Waals surface area contributed by atoms with Crippen molar-refractivity contribution in [3.8, 4) is 17.1 Å². The molecular weight excluding hydrogens is 463 g/mol. The fraction of sp³-hybridized carbons (Fsp3) is 0.222. The number of carboxylic acid groups (broad SMARTS) is 1. The first-order valence-electron chi connectivity index (χ1n) is 11.7. The molecule has 0 radical (unpaired) electrons. The number of carbonyl (C=O) groups excluding carboxylic acids is 1. The molecule has 1 aliphatic heterocycles. The molecule has 2 N–H and O–H groups in total. The van der Waals surface area contributed by atoms with Crippen LogP contribution >= 0.6 is 0 Å². The summed E-state index contributed by atoms with van der Waals surface area (Å²) in [5.74, 6) is -0.185. The van der Waals surface area contributed by atoms with Gasteiger partial charge in [-0.1, -0.05) is 18.2 Å². The zero-order valence-electron chi connectivity index (χ0n) is 19.5. The van der Waals surface area contributed by atoms with Gasteiger partial charge in [-0.3, -0.25) is 9.69 Å². The lowest BCUT2D eigenvalue weighted by Crippen LogP contribution is -2.48. The highest BCUT2D eigenvalue weighted by atomic mass is 19.1. The van der Waals surface area contributed by atoms with Crippen molar-refractivity contribution in [3.63, 3.8) is 0 Å². The maximum Gasteiger partial charge on any atom is 0.341 e. The lowest BCUT2D eigenvalue weighted by Gasteiger charge is -2.34. The number of amides is 1. The number of carboxylic acids is 1. The average Bonchev–Trinajstić information content (AvgIpc) is 3.33. The molecule has 3 aromatic carbocycles. The minimum atomic E-state index is -1.04. The highest BCUT2D eigenvalue weighted by Gasteiger charge is 2.23. The molecule has 0 unspecified atom stereocenters. The first-order chi connectivity index (χ1) is 17.5. The largest absolute Gasteiger partial charge is 0.482 e. The van der Waals surface area contributed by atoms with Gasteiger partial charge in [0.2, 0.25) is 0 Å². The van der Waals surface area contributed by atoms with E-state index in [2.05, 4.69) is 14.9 Å². The molecule has 0 bridgehead atoms. The Morgan fingerprint density at radius 1 is 1.00 bits per heavy atom. The quantitative estimate of drug-likeness (QED) is 0.411. The van der Waals surface area contributed by atoms with Gasteiger partial charge in [-0.05, 0) is 48.5 Å². The van der Waals surface area contributed by atoms with E-state index in [0.717, 1.165) is 16.6 Å². The molecule has 1 aromatic heterocycles. The van der Waals surface area contributed by atoms with Gasteiger partial charge in [-0.2, -0.15) is 0 Å². The van der Waals surface area contributed by atoms with E-state index in [1.807, 2.05) is 23.1 Å². The fourth-order valence-electron chi connectivity index (χ4n) is 4.29. The number of aromatic nitrogens is 2. The van der Waals surface area contributed by atoms with Crippen LogP contribution in [0.2, 0.25) is 0 Å². The Kier molecular flexibility index (Phi) is 6.64. The molecule has 0 spiro atoms. The lowest BCUT2D eigenvalue weighted by molar-refractivity contribution is -0.139. The van der Waals surface area contributed by atoms with Gasteiger partial charge in [-0.25, -0.2) is 14.2 Å². The van der Waals surface area contributed by atoms with E-state index in [1.54, 1.807) is 42.5 Å². The van der Waals surface area contributed by atoms with Gasteiger partial charge < -0.3 is 19.7 Å². The summed E-state index contributed by atoms with van der Waals surface area (Å²) in [5, 5.41) is 8.73. The van der Waals surface area contributed by atoms with Crippen LogP contribution in [0.5, 0.6) is 5.75 Å². The molecule has 1 amide bonds. The number of hydrogen-bond acceptors (Lipinski definition) is 5. The fourth-order valence-corrected chi connectivity index (χ4v) is 4.29. The summed E-state index contributed by atoms with van der Waals surface area (Å²) in [7, 11) is 0. The predicted octanol–water partition coefficient (Wildman–Crippen LogP) is 3.79. The Morgan fingerprint density at radius 3 is 2.47 bits per heavy atom. The van der Waals surface area contributed by atoms with Crippen LogP contribution in [-0.2, 0) is 11.3 Å². The molecule has 9 heteroatoms. The van der Waals surface area contributed by atoms with Gasteiger partial charge in [0.05, 0.1) is 11.0 Å². The maximum atomic E-state index is 14.0. The molecule has 0 saturated carbocycles. The molecule has 1 saturated heterocycles. The summed E-state index contributed by atoms with van der Waals surface area (Å²) < 4.78 is 19.1. The van der Waals surface area contributed by atoms with Gasteiger partial charge in [0.25, 0.3) is 5.91 Å². The lowest BCUT2D eigenvalue weighted by atomic mass is 10.1. The van der Waals surface area contributed by atoms with Crippen molar-refractivity contribution in [3.05, 3.63) is 83.7 Å². The van der Waals surface area contributed by atoms with E-state index >= 15 is 0 Å². The van der Waals surface area contributed by atoms with E-state index in [1.165, 1.54) is 6.07 Å². The van der Waals surface area contributed by atoms with Crippen LogP contribution in [0.25, 0.3) is 22.4 Å². The molecule has 1 aliphatic rings. The number of nitrogens with zero attached hydrogens (tertiary/aromatic N) is 3. The summed E-state index contributed by atoms with van der Waals surface area (Å²) in [5.41, 5.74) is 3.55. The van der Waals surface area contributed by atoms with Crippen molar-refractivity contribution in [2.75, 3.05) is 32.8 Å². The number of aliphatic carboxylic acids is 1. The van der Waals surface area contributed by atoms with Gasteiger partial charge in [0.1, 0.15) is 17.4 Å². The number of piperazine rings is 1. The highest BCUT2D eigenvalue weighted by Crippen LogP contribution is 2.24. The maximum absolute atomic E-state index is 14.0. The number of hydrogen-bond donors (Lipinski definition) is 2. The number of carbonyl (C=O) groups is 2. The number of ether oxygens (including phenoxy) is 1. The molecule has 1 fully saturated rings. The molecule has 4 aromatic rings. The van der Waals surface area contributed by atoms with Gasteiger partial charge in [-0.15, -0.1) is 0 Å². The third-order valence-corrected chi connectivity index (χ3v) is 6.23. The van der Waals surface area contributed by atoms with Crippen LogP contribution in [0.1, 0.15) is 15.9 Å². The van der Waals surface area contributed by atoms with Crippen LogP contribution < -0.4 is 4.74 Å². The van der Waals surface area contributed by atoms with Crippen molar-refractivity contribution in [2.45, 2.75) is 6.54 Å². The minimum Gasteiger partial charge on any atom is -0.482 e. The Balaban J connectivity index is 1.23. The van der Waals surface area contributed by atoms with Crippen molar-refractivity contribution in [2.24, 2.45) is 0 Å². The second-order valence-electron chi connectivity index (χ2n) is 8.68. The number of benzene rings is 3. The van der Waals surface area contributed by atoms with Crippen molar-refractivity contribution in [1.29, 1.82) is 0 Å². The second-order valence-corrected chi connectivity index (χ2v) is 8.68. The molecule has 2 heterocycles. The molecule has 0 aliphatic carbocycles. The summed E-state index contributed by atoms with van der Waals surface area (Å²) in [6.07, 6.45) is 0. The van der Waals surface area contributed by atoms with Crippen molar-refractivity contribution in [1.82, 2.24) is 19.8 Å². The van der Waals surface area contributed by atoms with Crippen LogP contribution in [0.15, 0.2) is 66.7 Å². The van der Waals surface area contributed by atoms with Crippen LogP contribution in [0.4, 0.5) is 4.39 Å². The van der Waals surface area contributed by atoms with Gasteiger partial charge in [0, 0.05) is 49.4 Å². The highest BCUT2D eigenvalue weighted by molar-refractivity contribution is 5.97. The van der Waals surface area contributed by atoms with Crippen LogP contribution in [0, 0.1) is 5.82 Å². The number of H-pyrrole nitrogens is 1. The number of imidazole rings is 1. The summed E-state index contributed by atoms with van der Waals surface area (Å²) >= 11 is 0. The zero-order chi connectivity index (χ0) is 25.1. The van der Waals surface area contributed by atoms with Crippen molar-refractivity contribution < 1.29 is 23.8 Å². The summed E-state index contributed by atoms with van der Waals surface area (Å²) in [6.45, 7) is 2.66. The van der Waals surface area contributed by atoms with Crippen molar-refractivity contribution >= 4 is 22.9 Å². The first-order valence-corrected chi connectivity index (χ1v) is 11.7. The Bertz CT molecular complexity index is 1390. The van der Waals surface area contributed by atoms with E-state index < -0.39 is 12.6 Å². The Labute approximate surface area is 206 Å². The van der Waals surface area contributed by atoms with Gasteiger partial charge in [0.15, 0.2) is 6.61 Å². The number of nitrogens with one attached hydrogen (secondary N) is 1. The van der Waals surface area contributed by atoms with Crippen LogP contribution in [-0.4, -0.2) is 69.5 Å². The number of rotatable bonds is 7. The summed E-state index contributed by atoms with van der Waals surface area (Å²) in [4.78, 5) is 35.6. The molecular formula is C27H25FN4O4. The normalized spacial score (nSPS) is 14.2. The Hall–Kier alpha value is -4.24. The topological polar surface area (TPSA) is 98.8 Å². The number of aromatic amines is 1. The second kappa shape index (κ2) is 10.2. The minimum absolute atomic E-state index is 0.0430. The molecule has 5 rings (SSSR count). The van der Waals surface area contributed by atoms with Crippen LogP contribution in [0.3, 0.4) is 0 Å². The number of fused-ring (bicyclic) bond motifs is 1. The predicted molar refractivity (Wildman–Crippen MR) is 132 cm³/mol. The summed E-state index contributed by atoms with van der Waals surface area (Å²) in [6, 6.07) is 19.2. The van der Waals surface area contributed by atoms with E-state index in [-0.39, 0.29) is 11.7 Å². The first kappa shape index (κ1) is 23.5. The monoisotopic (exact) mass is 488 g/mol. The molecule has 0 atom stereocenters. The molecule has 184 valence electrons. The zero-order valence-corrected chi connectivity index (χ0v) is 19.5. The van der Waals surface area contributed by atoms with Gasteiger partial charge >= 0.3 is 5.97 Å². The number of halogens is 1. The Morgan fingerprint density at radius 2 is 1.75 bits per heavy atom. The molecule has 36 heavy (non-hydrogen) atoms. The average molecular weight is 489 g/mol. The SMILES string of the molecule is O=C(O)COc1ccc(-c2nc3ccc(C(=O)N4CCN(Cc5ccccc5F)CC4)cc3[nH]2)cc1. The van der Waals surface area contributed by atoms with E-state index in [4.69, 9.17) is 9.84 Å². The van der Waals surface area contributed by atoms with E-state index in [9.17, 15) is 14.0 Å². The smallest absolute Gasteiger partial charge is 0.341 e. The third kappa shape index (κ3) is 5.21. The van der Waals surface area contributed by atoms with E-state index in [0.29, 0.717) is 55.4 Å². The standard InChI is InChI=1S/C27H25FN4O4/c28-22-4-2-1-3-20(22)16-31-11-13-32(14-12-31)27(35)19-7-10-23-24(15-19)30-26(29-23)18-5-8-21(9-6-18)36-17-25(33)34/h1-10,15H,11-14,16-17H2,(H,29,30)(H,33,34).